The number of rotatable bonds is 10. The Labute approximate surface area is 220 Å². The number of fused-ring (bicyclic) bond motifs is 3. The normalized spacial score (nSPS) is 13.1. The van der Waals surface area contributed by atoms with Gasteiger partial charge in [0.2, 0.25) is 0 Å². The van der Waals surface area contributed by atoms with E-state index < -0.39 is 0 Å². The Morgan fingerprint density at radius 2 is 0.973 bits per heavy atom. The van der Waals surface area contributed by atoms with Crippen molar-refractivity contribution in [3.05, 3.63) is 129 Å². The zero-order valence-electron chi connectivity index (χ0n) is 21.8. The summed E-state index contributed by atoms with van der Waals surface area (Å²) in [6.07, 6.45) is 8.13. The highest BCUT2D eigenvalue weighted by Crippen LogP contribution is 2.54. The number of carbonyl (C=O) groups excluding carboxylic acids is 2. The molecule has 0 N–H and O–H groups in total. The minimum atomic E-state index is -0.0197. The van der Waals surface area contributed by atoms with Crippen LogP contribution in [0.3, 0.4) is 0 Å². The van der Waals surface area contributed by atoms with E-state index in [0.29, 0.717) is 0 Å². The van der Waals surface area contributed by atoms with Crippen molar-refractivity contribution in [2.45, 2.75) is 57.8 Å². The van der Waals surface area contributed by atoms with Gasteiger partial charge in [-0.15, -0.1) is 0 Å². The highest BCUT2D eigenvalue weighted by atomic mass is 16.1. The molecule has 0 unspecified atom stereocenters. The maximum Gasteiger partial charge on any atom is 0.150 e. The van der Waals surface area contributed by atoms with Crippen LogP contribution in [0.4, 0.5) is 0 Å². The van der Waals surface area contributed by atoms with Crippen LogP contribution in [-0.2, 0) is 18.3 Å². The van der Waals surface area contributed by atoms with Crippen LogP contribution in [0, 0.1) is 13.8 Å². The SMILES string of the molecule is Cc1ccc2c(c1)C(CCCc1ccc(C=O)cc1)(CCCc1ccc(C=O)cc1)c1cc(C)ccc1-2. The van der Waals surface area contributed by atoms with Crippen LogP contribution in [-0.4, -0.2) is 12.6 Å². The first-order valence-corrected chi connectivity index (χ1v) is 13.3. The van der Waals surface area contributed by atoms with Gasteiger partial charge in [0.15, 0.2) is 0 Å². The molecule has 0 saturated heterocycles. The van der Waals surface area contributed by atoms with Crippen molar-refractivity contribution < 1.29 is 9.59 Å². The zero-order valence-corrected chi connectivity index (χ0v) is 21.8. The zero-order chi connectivity index (χ0) is 25.8. The van der Waals surface area contributed by atoms with E-state index in [4.69, 9.17) is 0 Å². The minimum absolute atomic E-state index is 0.0197. The number of aldehydes is 2. The number of aryl methyl sites for hydroxylation is 4. The van der Waals surface area contributed by atoms with E-state index in [2.05, 4.69) is 74.5 Å². The van der Waals surface area contributed by atoms with Crippen molar-refractivity contribution in [2.75, 3.05) is 0 Å². The predicted molar refractivity (Wildman–Crippen MR) is 152 cm³/mol. The van der Waals surface area contributed by atoms with Crippen molar-refractivity contribution in [2.24, 2.45) is 0 Å². The Kier molecular flexibility index (Phi) is 7.19. The molecular weight excluding hydrogens is 452 g/mol. The second-order valence-corrected chi connectivity index (χ2v) is 10.6. The monoisotopic (exact) mass is 486 g/mol. The third-order valence-electron chi connectivity index (χ3n) is 8.04. The molecule has 0 spiro atoms. The average Bonchev–Trinajstić information content (AvgIpc) is 3.17. The van der Waals surface area contributed by atoms with Gasteiger partial charge in [-0.25, -0.2) is 0 Å². The van der Waals surface area contributed by atoms with E-state index in [1.165, 1.54) is 44.5 Å². The molecule has 0 aromatic heterocycles. The lowest BCUT2D eigenvalue weighted by Gasteiger charge is -2.33. The smallest absolute Gasteiger partial charge is 0.150 e. The molecule has 0 fully saturated rings. The maximum atomic E-state index is 11.1. The Bertz CT molecular complexity index is 1300. The molecule has 4 aromatic carbocycles. The van der Waals surface area contributed by atoms with Gasteiger partial charge in [0.25, 0.3) is 0 Å². The van der Waals surface area contributed by atoms with E-state index in [9.17, 15) is 9.59 Å². The molecular formula is C35H34O2. The Morgan fingerprint density at radius 1 is 0.568 bits per heavy atom. The molecule has 5 rings (SSSR count). The van der Waals surface area contributed by atoms with Crippen molar-refractivity contribution in [3.8, 4) is 11.1 Å². The van der Waals surface area contributed by atoms with Gasteiger partial charge in [-0.1, -0.05) is 96.1 Å². The third kappa shape index (κ3) is 5.06. The van der Waals surface area contributed by atoms with Crippen LogP contribution in [0.25, 0.3) is 11.1 Å². The van der Waals surface area contributed by atoms with Gasteiger partial charge >= 0.3 is 0 Å². The molecule has 0 amide bonds. The molecule has 0 bridgehead atoms. The first-order chi connectivity index (χ1) is 18.0. The second-order valence-electron chi connectivity index (χ2n) is 10.6. The molecule has 0 heterocycles. The van der Waals surface area contributed by atoms with Crippen molar-refractivity contribution >= 4 is 12.6 Å². The largest absolute Gasteiger partial charge is 0.298 e. The lowest BCUT2D eigenvalue weighted by molar-refractivity contribution is 0.111. The Hall–Kier alpha value is -3.78. The van der Waals surface area contributed by atoms with E-state index in [0.717, 1.165) is 62.2 Å². The van der Waals surface area contributed by atoms with Crippen molar-refractivity contribution in [3.63, 3.8) is 0 Å². The molecule has 0 atom stereocenters. The lowest BCUT2D eigenvalue weighted by atomic mass is 9.70. The highest BCUT2D eigenvalue weighted by molar-refractivity contribution is 5.81. The summed E-state index contributed by atoms with van der Waals surface area (Å²) in [7, 11) is 0. The number of carbonyl (C=O) groups is 2. The molecule has 1 aliphatic carbocycles. The predicted octanol–water partition coefficient (Wildman–Crippen LogP) is 8.24. The molecule has 4 aromatic rings. The van der Waals surface area contributed by atoms with Crippen LogP contribution < -0.4 is 0 Å². The number of hydrogen-bond donors (Lipinski definition) is 0. The minimum Gasteiger partial charge on any atom is -0.298 e. The van der Waals surface area contributed by atoms with Gasteiger partial charge in [0.1, 0.15) is 12.6 Å². The van der Waals surface area contributed by atoms with Gasteiger partial charge < -0.3 is 0 Å². The summed E-state index contributed by atoms with van der Waals surface area (Å²) in [6, 6.07) is 30.0. The van der Waals surface area contributed by atoms with Gasteiger partial charge in [0, 0.05) is 16.5 Å². The van der Waals surface area contributed by atoms with Crippen LogP contribution in [0.15, 0.2) is 84.9 Å². The standard InChI is InChI=1S/C35H34O2/c1-25-7-17-31-32-18-8-26(2)22-34(32)35(33(31)21-25,19-3-5-27-9-13-29(23-36)14-10-27)20-4-6-28-11-15-30(24-37)16-12-28/h7-18,21-24H,3-6,19-20H2,1-2H3. The quantitative estimate of drug-likeness (QED) is 0.212. The van der Waals surface area contributed by atoms with Crippen LogP contribution in [0.2, 0.25) is 0 Å². The molecule has 1 aliphatic rings. The maximum absolute atomic E-state index is 11.1. The van der Waals surface area contributed by atoms with Crippen LogP contribution in [0.5, 0.6) is 0 Å². The van der Waals surface area contributed by atoms with Gasteiger partial charge in [-0.3, -0.25) is 9.59 Å². The summed E-state index contributed by atoms with van der Waals surface area (Å²) < 4.78 is 0. The van der Waals surface area contributed by atoms with Gasteiger partial charge in [-0.05, 0) is 85.8 Å². The first-order valence-electron chi connectivity index (χ1n) is 13.3. The fraction of sp³-hybridized carbons (Fsp3) is 0.257. The van der Waals surface area contributed by atoms with Crippen molar-refractivity contribution in [1.29, 1.82) is 0 Å². The summed E-state index contributed by atoms with van der Waals surface area (Å²) in [5, 5.41) is 0. The summed E-state index contributed by atoms with van der Waals surface area (Å²) in [5.74, 6) is 0. The fourth-order valence-electron chi connectivity index (χ4n) is 6.10. The summed E-state index contributed by atoms with van der Waals surface area (Å²) in [4.78, 5) is 22.1. The third-order valence-corrected chi connectivity index (χ3v) is 8.04. The Morgan fingerprint density at radius 3 is 1.35 bits per heavy atom. The molecule has 2 nitrogen and oxygen atoms in total. The van der Waals surface area contributed by atoms with Crippen molar-refractivity contribution in [1.82, 2.24) is 0 Å². The summed E-state index contributed by atoms with van der Waals surface area (Å²) in [5.41, 5.74) is 12.3. The molecule has 186 valence electrons. The topological polar surface area (TPSA) is 34.1 Å². The number of benzene rings is 4. The summed E-state index contributed by atoms with van der Waals surface area (Å²) in [6.45, 7) is 4.39. The van der Waals surface area contributed by atoms with E-state index in [1.807, 2.05) is 24.3 Å². The van der Waals surface area contributed by atoms with E-state index >= 15 is 0 Å². The molecule has 0 radical (unpaired) electrons. The van der Waals surface area contributed by atoms with Crippen LogP contribution in [0.1, 0.15) is 79.8 Å². The van der Waals surface area contributed by atoms with E-state index in [1.54, 1.807) is 0 Å². The summed E-state index contributed by atoms with van der Waals surface area (Å²) >= 11 is 0. The van der Waals surface area contributed by atoms with Crippen LogP contribution >= 0.6 is 0 Å². The number of hydrogen-bond acceptors (Lipinski definition) is 2. The van der Waals surface area contributed by atoms with Gasteiger partial charge in [-0.2, -0.15) is 0 Å². The van der Waals surface area contributed by atoms with Gasteiger partial charge in [0.05, 0.1) is 0 Å². The van der Waals surface area contributed by atoms with E-state index in [-0.39, 0.29) is 5.41 Å². The fourth-order valence-corrected chi connectivity index (χ4v) is 6.10. The first kappa shape index (κ1) is 24.9. The second kappa shape index (κ2) is 10.7. The lowest BCUT2D eigenvalue weighted by Crippen LogP contribution is -2.26. The Balaban J connectivity index is 1.46. The average molecular weight is 487 g/mol. The molecule has 2 heteroatoms. The molecule has 0 aliphatic heterocycles. The molecule has 0 saturated carbocycles. The molecule has 37 heavy (non-hydrogen) atoms. The highest BCUT2D eigenvalue weighted by Gasteiger charge is 2.42.